The van der Waals surface area contributed by atoms with Gasteiger partial charge in [-0.25, -0.2) is 18.2 Å². The van der Waals surface area contributed by atoms with Gasteiger partial charge >= 0.3 is 5.97 Å². The highest BCUT2D eigenvalue weighted by Crippen LogP contribution is 2.25. The third-order valence-corrected chi connectivity index (χ3v) is 6.79. The van der Waals surface area contributed by atoms with E-state index in [0.29, 0.717) is 11.3 Å². The Hall–Kier alpha value is -3.71. The number of sulfone groups is 1. The number of para-hydroxylation sites is 1. The summed E-state index contributed by atoms with van der Waals surface area (Å²) in [5.74, 6) is -1.16. The Morgan fingerprint density at radius 3 is 2.56 bits per heavy atom. The molecule has 0 aliphatic carbocycles. The Morgan fingerprint density at radius 2 is 1.75 bits per heavy atom. The molecule has 6 nitrogen and oxygen atoms in total. The number of aryl methyl sites for hydroxylation is 1. The maximum absolute atomic E-state index is 13.0. The van der Waals surface area contributed by atoms with Gasteiger partial charge in [-0.3, -0.25) is 0 Å². The summed E-state index contributed by atoms with van der Waals surface area (Å²) in [7, 11) is -3.78. The SMILES string of the molecule is Cc1cccc(CS(=O)(=O)c2cccc(OCc3ccc4ccccc4n3)c2)c1C(=O)O. The number of carboxylic acids is 1. The number of benzene rings is 3. The van der Waals surface area contributed by atoms with Crippen molar-refractivity contribution >= 4 is 26.7 Å². The summed E-state index contributed by atoms with van der Waals surface area (Å²) in [5, 5.41) is 10.5. The van der Waals surface area contributed by atoms with E-state index in [4.69, 9.17) is 4.74 Å². The summed E-state index contributed by atoms with van der Waals surface area (Å²) < 4.78 is 31.8. The van der Waals surface area contributed by atoms with Crippen molar-refractivity contribution in [1.82, 2.24) is 4.98 Å². The number of carbonyl (C=O) groups is 1. The topological polar surface area (TPSA) is 93.6 Å². The van der Waals surface area contributed by atoms with Gasteiger partial charge in [0.05, 0.1) is 27.4 Å². The van der Waals surface area contributed by atoms with Crippen molar-refractivity contribution in [3.63, 3.8) is 0 Å². The smallest absolute Gasteiger partial charge is 0.336 e. The zero-order valence-corrected chi connectivity index (χ0v) is 18.2. The lowest BCUT2D eigenvalue weighted by Gasteiger charge is -2.11. The minimum atomic E-state index is -3.78. The molecule has 0 aliphatic heterocycles. The van der Waals surface area contributed by atoms with Gasteiger partial charge in [-0.2, -0.15) is 0 Å². The third kappa shape index (κ3) is 4.63. The van der Waals surface area contributed by atoms with Crippen molar-refractivity contribution in [3.05, 3.63) is 101 Å². The van der Waals surface area contributed by atoms with Crippen LogP contribution in [-0.4, -0.2) is 24.5 Å². The average molecular weight is 448 g/mol. The Kier molecular flexibility index (Phi) is 5.92. The van der Waals surface area contributed by atoms with Crippen molar-refractivity contribution in [3.8, 4) is 5.75 Å². The Balaban J connectivity index is 1.54. The lowest BCUT2D eigenvalue weighted by Crippen LogP contribution is -2.11. The standard InChI is InChI=1S/C25H21NO5S/c1-17-6-4-8-19(24(17)25(27)28)16-32(29,30)22-10-5-9-21(14-22)31-15-20-13-12-18-7-2-3-11-23(18)26-20/h2-14H,15-16H2,1H3,(H,27,28). The maximum Gasteiger partial charge on any atom is 0.336 e. The second-order valence-corrected chi connectivity index (χ2v) is 9.42. The molecule has 7 heteroatoms. The third-order valence-electron chi connectivity index (χ3n) is 5.13. The van der Waals surface area contributed by atoms with E-state index in [2.05, 4.69) is 4.98 Å². The first-order valence-corrected chi connectivity index (χ1v) is 11.6. The van der Waals surface area contributed by atoms with Crippen LogP contribution in [0.3, 0.4) is 0 Å². The van der Waals surface area contributed by atoms with Gasteiger partial charge in [0.2, 0.25) is 0 Å². The molecule has 0 saturated heterocycles. The number of carboxylic acid groups (broad SMARTS) is 1. The van der Waals surface area contributed by atoms with Crippen LogP contribution in [0, 0.1) is 6.92 Å². The molecule has 0 bridgehead atoms. The quantitative estimate of drug-likeness (QED) is 0.438. The van der Waals surface area contributed by atoms with E-state index in [1.807, 2.05) is 36.4 Å². The van der Waals surface area contributed by atoms with Crippen molar-refractivity contribution in [2.45, 2.75) is 24.2 Å². The summed E-state index contributed by atoms with van der Waals surface area (Å²) in [6.07, 6.45) is 0. The van der Waals surface area contributed by atoms with Crippen molar-refractivity contribution in [2.24, 2.45) is 0 Å². The van der Waals surface area contributed by atoms with Gasteiger partial charge in [-0.15, -0.1) is 0 Å². The molecular weight excluding hydrogens is 426 g/mol. The summed E-state index contributed by atoms with van der Waals surface area (Å²) >= 11 is 0. The highest BCUT2D eigenvalue weighted by molar-refractivity contribution is 7.90. The Labute approximate surface area is 186 Å². The van der Waals surface area contributed by atoms with Crippen LogP contribution in [0.5, 0.6) is 5.75 Å². The van der Waals surface area contributed by atoms with Crippen LogP contribution in [-0.2, 0) is 22.2 Å². The zero-order chi connectivity index (χ0) is 22.7. The number of aromatic nitrogens is 1. The second kappa shape index (κ2) is 8.80. The number of aromatic carboxylic acids is 1. The van der Waals surface area contributed by atoms with Crippen LogP contribution in [0.4, 0.5) is 0 Å². The highest BCUT2D eigenvalue weighted by atomic mass is 32.2. The van der Waals surface area contributed by atoms with Gasteiger partial charge in [0.25, 0.3) is 0 Å². The van der Waals surface area contributed by atoms with Crippen LogP contribution < -0.4 is 4.74 Å². The number of pyridine rings is 1. The highest BCUT2D eigenvalue weighted by Gasteiger charge is 2.21. The van der Waals surface area contributed by atoms with E-state index in [1.165, 1.54) is 18.2 Å². The molecule has 0 amide bonds. The van der Waals surface area contributed by atoms with Crippen LogP contribution >= 0.6 is 0 Å². The molecule has 0 unspecified atom stereocenters. The molecule has 0 spiro atoms. The first-order valence-electron chi connectivity index (χ1n) is 9.95. The minimum Gasteiger partial charge on any atom is -0.487 e. The molecule has 0 fully saturated rings. The molecule has 0 saturated carbocycles. The fourth-order valence-corrected chi connectivity index (χ4v) is 4.94. The lowest BCUT2D eigenvalue weighted by atomic mass is 10.0. The molecular formula is C25H21NO5S. The number of fused-ring (bicyclic) bond motifs is 1. The van der Waals surface area contributed by atoms with Crippen molar-refractivity contribution in [2.75, 3.05) is 0 Å². The monoisotopic (exact) mass is 447 g/mol. The predicted molar refractivity (Wildman–Crippen MR) is 122 cm³/mol. The summed E-state index contributed by atoms with van der Waals surface area (Å²) in [6.45, 7) is 1.84. The first kappa shape index (κ1) is 21.5. The summed E-state index contributed by atoms with van der Waals surface area (Å²) in [4.78, 5) is 16.2. The molecule has 4 aromatic rings. The van der Waals surface area contributed by atoms with E-state index >= 15 is 0 Å². The van der Waals surface area contributed by atoms with E-state index in [0.717, 1.165) is 16.6 Å². The molecule has 0 radical (unpaired) electrons. The van der Waals surface area contributed by atoms with Gasteiger partial charge in [-0.1, -0.05) is 48.5 Å². The van der Waals surface area contributed by atoms with Gasteiger partial charge in [0.15, 0.2) is 9.84 Å². The minimum absolute atomic E-state index is 0.0193. The van der Waals surface area contributed by atoms with Gasteiger partial charge in [-0.05, 0) is 48.4 Å². The lowest BCUT2D eigenvalue weighted by molar-refractivity contribution is 0.0695. The fraction of sp³-hybridized carbons (Fsp3) is 0.120. The molecule has 3 aromatic carbocycles. The van der Waals surface area contributed by atoms with E-state index < -0.39 is 21.6 Å². The second-order valence-electron chi connectivity index (χ2n) is 7.43. The average Bonchev–Trinajstić information content (AvgIpc) is 2.77. The van der Waals surface area contributed by atoms with Crippen LogP contribution in [0.25, 0.3) is 10.9 Å². The van der Waals surface area contributed by atoms with Crippen LogP contribution in [0.15, 0.2) is 83.8 Å². The molecule has 1 N–H and O–H groups in total. The van der Waals surface area contributed by atoms with Gasteiger partial charge in [0.1, 0.15) is 12.4 Å². The van der Waals surface area contributed by atoms with Crippen molar-refractivity contribution < 1.29 is 23.1 Å². The van der Waals surface area contributed by atoms with Crippen LogP contribution in [0.2, 0.25) is 0 Å². The molecule has 4 rings (SSSR count). The first-order chi connectivity index (χ1) is 15.3. The fourth-order valence-electron chi connectivity index (χ4n) is 3.55. The largest absolute Gasteiger partial charge is 0.487 e. The van der Waals surface area contributed by atoms with E-state index in [9.17, 15) is 18.3 Å². The molecule has 0 aliphatic rings. The molecule has 32 heavy (non-hydrogen) atoms. The number of rotatable bonds is 7. The summed E-state index contributed by atoms with van der Waals surface area (Å²) in [6, 6.07) is 22.6. The van der Waals surface area contributed by atoms with Crippen LogP contribution in [0.1, 0.15) is 27.2 Å². The zero-order valence-electron chi connectivity index (χ0n) is 17.4. The molecule has 1 aromatic heterocycles. The molecule has 162 valence electrons. The predicted octanol–water partition coefficient (Wildman–Crippen LogP) is 4.79. The number of ether oxygens (including phenoxy) is 1. The molecule has 0 atom stereocenters. The molecule has 1 heterocycles. The van der Waals surface area contributed by atoms with E-state index in [-0.39, 0.29) is 22.6 Å². The summed E-state index contributed by atoms with van der Waals surface area (Å²) in [5.41, 5.74) is 2.38. The van der Waals surface area contributed by atoms with E-state index in [1.54, 1.807) is 31.2 Å². The Bertz CT molecular complexity index is 1410. The van der Waals surface area contributed by atoms with Crippen molar-refractivity contribution in [1.29, 1.82) is 0 Å². The maximum atomic E-state index is 13.0. The number of hydrogen-bond donors (Lipinski definition) is 1. The normalized spacial score (nSPS) is 11.4. The number of hydrogen-bond acceptors (Lipinski definition) is 5. The van der Waals surface area contributed by atoms with Gasteiger partial charge in [0, 0.05) is 5.39 Å². The van der Waals surface area contributed by atoms with Gasteiger partial charge < -0.3 is 9.84 Å². The number of nitrogens with zero attached hydrogens (tertiary/aromatic N) is 1. The Morgan fingerprint density at radius 1 is 0.969 bits per heavy atom.